The number of aryl methyl sites for hydroxylation is 1. The van der Waals surface area contributed by atoms with Crippen LogP contribution < -0.4 is 14.4 Å². The van der Waals surface area contributed by atoms with Crippen molar-refractivity contribution in [1.82, 2.24) is 4.72 Å². The molecule has 1 amide bonds. The molecule has 2 fully saturated rings. The van der Waals surface area contributed by atoms with Gasteiger partial charge in [0.15, 0.2) is 0 Å². The standard InChI is InChI=1S/C34H43ClN2O5S/c1-22-5-4-7-31(38)29-14-11-26(29)20-37-16-3-2-6-24-18-28(35)13-10-27(24)21-42-32-15-12-25(19-30(32)37)34(39)36-43(40,41)33(22)17-23-8-9-23/h4,7,10,12-13,15,18-19,22-23,26,29,31,33,38H,2-3,5-6,8-9,11,14,16-17,20-21H2,1H3,(H,36,39)/b7-4+/t22-,26+,29-,31+,33+/m1/s1. The molecule has 7 nitrogen and oxygen atoms in total. The lowest BCUT2D eigenvalue weighted by Crippen LogP contribution is -2.44. The van der Waals surface area contributed by atoms with Crippen molar-refractivity contribution in [1.29, 1.82) is 0 Å². The van der Waals surface area contributed by atoms with Crippen LogP contribution in [0.25, 0.3) is 0 Å². The molecule has 2 N–H and O–H groups in total. The molecule has 2 heterocycles. The largest absolute Gasteiger partial charge is 0.487 e. The number of carbonyl (C=O) groups is 1. The number of carbonyl (C=O) groups excluding carboxylic acids is 1. The van der Waals surface area contributed by atoms with E-state index in [9.17, 15) is 18.3 Å². The molecule has 2 aliphatic heterocycles. The van der Waals surface area contributed by atoms with E-state index in [-0.39, 0.29) is 11.8 Å². The van der Waals surface area contributed by atoms with E-state index in [0.29, 0.717) is 47.6 Å². The number of nitrogens with zero attached hydrogens (tertiary/aromatic N) is 1. The molecule has 2 aromatic carbocycles. The number of benzene rings is 2. The second-order valence-electron chi connectivity index (χ2n) is 13.1. The molecule has 4 aliphatic rings. The SMILES string of the molecule is C[C@@H]1C/C=C/[C@H](O)[C@@H]2CC[C@H]2CN2CCCCc3cc(Cl)ccc3COc3ccc(cc32)C(=O)NS(=O)(=O)[C@H]1CC1CC1. The van der Waals surface area contributed by atoms with Crippen LogP contribution in [0, 0.1) is 23.7 Å². The molecule has 9 heteroatoms. The van der Waals surface area contributed by atoms with Crippen LogP contribution in [0.15, 0.2) is 48.6 Å². The quantitative estimate of drug-likeness (QED) is 0.381. The Kier molecular flexibility index (Phi) is 9.09. The average molecular weight is 627 g/mol. The Bertz CT molecular complexity index is 1470. The van der Waals surface area contributed by atoms with E-state index in [1.54, 1.807) is 18.2 Å². The minimum Gasteiger partial charge on any atom is -0.487 e. The molecule has 2 saturated carbocycles. The van der Waals surface area contributed by atoms with E-state index in [2.05, 4.69) is 9.62 Å². The summed E-state index contributed by atoms with van der Waals surface area (Å²) in [4.78, 5) is 15.8. The van der Waals surface area contributed by atoms with Crippen molar-refractivity contribution in [2.24, 2.45) is 23.7 Å². The minimum atomic E-state index is -3.93. The van der Waals surface area contributed by atoms with Gasteiger partial charge in [-0.1, -0.05) is 49.6 Å². The molecule has 0 aromatic heterocycles. The van der Waals surface area contributed by atoms with Crippen molar-refractivity contribution in [2.75, 3.05) is 18.0 Å². The van der Waals surface area contributed by atoms with E-state index in [1.807, 2.05) is 37.3 Å². The predicted molar refractivity (Wildman–Crippen MR) is 170 cm³/mol. The Morgan fingerprint density at radius 1 is 1.07 bits per heavy atom. The smallest absolute Gasteiger partial charge is 0.264 e. The molecular formula is C34H43ClN2O5S. The van der Waals surface area contributed by atoms with Gasteiger partial charge in [-0.2, -0.15) is 0 Å². The van der Waals surface area contributed by atoms with Gasteiger partial charge in [-0.15, -0.1) is 0 Å². The van der Waals surface area contributed by atoms with Crippen LogP contribution in [0.3, 0.4) is 0 Å². The van der Waals surface area contributed by atoms with Crippen LogP contribution in [0.4, 0.5) is 5.69 Å². The molecular weight excluding hydrogens is 584 g/mol. The fourth-order valence-corrected chi connectivity index (χ4v) is 8.94. The molecule has 0 radical (unpaired) electrons. The lowest BCUT2D eigenvalue weighted by molar-refractivity contribution is 0.0461. The summed E-state index contributed by atoms with van der Waals surface area (Å²) in [6, 6.07) is 11.1. The number of halogens is 1. The Morgan fingerprint density at radius 3 is 2.67 bits per heavy atom. The number of hydrogen-bond donors (Lipinski definition) is 2. The van der Waals surface area contributed by atoms with Gasteiger partial charge in [0.1, 0.15) is 12.4 Å². The molecule has 0 saturated heterocycles. The summed E-state index contributed by atoms with van der Waals surface area (Å²) < 4.78 is 36.2. The molecule has 5 atom stereocenters. The van der Waals surface area contributed by atoms with Crippen molar-refractivity contribution in [3.05, 3.63) is 70.3 Å². The van der Waals surface area contributed by atoms with Gasteiger partial charge in [0.2, 0.25) is 10.0 Å². The van der Waals surface area contributed by atoms with Gasteiger partial charge in [0, 0.05) is 23.7 Å². The van der Waals surface area contributed by atoms with E-state index in [1.165, 1.54) is 5.56 Å². The number of amides is 1. The van der Waals surface area contributed by atoms with Crippen LogP contribution >= 0.6 is 11.6 Å². The fourth-order valence-electron chi connectivity index (χ4n) is 6.97. The van der Waals surface area contributed by atoms with Gasteiger partial charge in [-0.25, -0.2) is 13.1 Å². The average Bonchev–Trinajstić information content (AvgIpc) is 3.78. The third-order valence-corrected chi connectivity index (χ3v) is 12.1. The highest BCUT2D eigenvalue weighted by Crippen LogP contribution is 2.41. The third kappa shape index (κ3) is 7.07. The van der Waals surface area contributed by atoms with Gasteiger partial charge in [0.05, 0.1) is 17.0 Å². The monoisotopic (exact) mass is 626 g/mol. The number of ether oxygens (including phenoxy) is 1. The Labute approximate surface area is 260 Å². The summed E-state index contributed by atoms with van der Waals surface area (Å²) >= 11 is 6.32. The molecule has 0 unspecified atom stereocenters. The number of allylic oxidation sites excluding steroid dienone is 1. The van der Waals surface area contributed by atoms with E-state index in [0.717, 1.165) is 69.3 Å². The number of aliphatic hydroxyl groups is 1. The maximum atomic E-state index is 13.7. The predicted octanol–water partition coefficient (Wildman–Crippen LogP) is 6.27. The summed E-state index contributed by atoms with van der Waals surface area (Å²) in [6.07, 6.45) is 11.2. The molecule has 0 spiro atoms. The Balaban J connectivity index is 1.37. The molecule has 232 valence electrons. The van der Waals surface area contributed by atoms with E-state index >= 15 is 0 Å². The molecule has 2 aromatic rings. The van der Waals surface area contributed by atoms with Gasteiger partial charge in [-0.3, -0.25) is 4.79 Å². The Morgan fingerprint density at radius 2 is 1.91 bits per heavy atom. The first-order chi connectivity index (χ1) is 20.7. The zero-order chi connectivity index (χ0) is 30.1. The molecule has 2 aliphatic carbocycles. The van der Waals surface area contributed by atoms with Gasteiger partial charge >= 0.3 is 0 Å². The van der Waals surface area contributed by atoms with E-state index in [4.69, 9.17) is 16.3 Å². The number of fused-ring (bicyclic) bond motifs is 3. The lowest BCUT2D eigenvalue weighted by Gasteiger charge is -2.42. The molecule has 6 rings (SSSR count). The summed E-state index contributed by atoms with van der Waals surface area (Å²) in [5, 5.41) is 11.2. The van der Waals surface area contributed by atoms with Crippen molar-refractivity contribution in [2.45, 2.75) is 82.7 Å². The summed E-state index contributed by atoms with van der Waals surface area (Å²) in [7, 11) is -3.93. The lowest BCUT2D eigenvalue weighted by atomic mass is 9.70. The summed E-state index contributed by atoms with van der Waals surface area (Å²) in [5.74, 6) is 0.693. The van der Waals surface area contributed by atoms with Crippen LogP contribution in [0.1, 0.15) is 79.8 Å². The van der Waals surface area contributed by atoms with Crippen LogP contribution in [-0.4, -0.2) is 43.9 Å². The van der Waals surface area contributed by atoms with Crippen LogP contribution in [0.5, 0.6) is 5.75 Å². The second-order valence-corrected chi connectivity index (χ2v) is 15.5. The van der Waals surface area contributed by atoms with Gasteiger partial charge in [0.25, 0.3) is 5.91 Å². The number of aliphatic hydroxyl groups excluding tert-OH is 1. The molecule has 2 bridgehead atoms. The number of rotatable bonds is 2. The van der Waals surface area contributed by atoms with Gasteiger partial charge < -0.3 is 14.7 Å². The Hall–Kier alpha value is -2.55. The first-order valence-corrected chi connectivity index (χ1v) is 17.8. The van der Waals surface area contributed by atoms with Crippen molar-refractivity contribution >= 4 is 33.2 Å². The zero-order valence-electron chi connectivity index (χ0n) is 24.9. The highest BCUT2D eigenvalue weighted by molar-refractivity contribution is 7.90. The highest BCUT2D eigenvalue weighted by Gasteiger charge is 2.39. The normalized spacial score (nSPS) is 30.3. The number of hydrogen-bond acceptors (Lipinski definition) is 6. The van der Waals surface area contributed by atoms with Crippen LogP contribution in [-0.2, 0) is 23.1 Å². The second kappa shape index (κ2) is 12.8. The fraction of sp³-hybridized carbons (Fsp3) is 0.559. The van der Waals surface area contributed by atoms with Crippen molar-refractivity contribution < 1.29 is 23.1 Å². The van der Waals surface area contributed by atoms with Crippen LogP contribution in [0.2, 0.25) is 5.02 Å². The van der Waals surface area contributed by atoms with Gasteiger partial charge in [-0.05, 0) is 110 Å². The first-order valence-electron chi connectivity index (χ1n) is 15.9. The third-order valence-electron chi connectivity index (χ3n) is 9.98. The first kappa shape index (κ1) is 30.5. The zero-order valence-corrected chi connectivity index (χ0v) is 26.5. The number of sulfonamides is 1. The maximum Gasteiger partial charge on any atom is 0.264 e. The highest BCUT2D eigenvalue weighted by atomic mass is 35.5. The minimum absolute atomic E-state index is 0.144. The number of anilines is 1. The topological polar surface area (TPSA) is 95.9 Å². The van der Waals surface area contributed by atoms with Crippen molar-refractivity contribution in [3.8, 4) is 5.75 Å². The number of nitrogens with one attached hydrogen (secondary N) is 1. The summed E-state index contributed by atoms with van der Waals surface area (Å²) in [5.41, 5.74) is 3.34. The van der Waals surface area contributed by atoms with Crippen molar-refractivity contribution in [3.63, 3.8) is 0 Å². The maximum absolute atomic E-state index is 13.7. The summed E-state index contributed by atoms with van der Waals surface area (Å²) in [6.45, 7) is 3.78. The molecule has 43 heavy (non-hydrogen) atoms. The van der Waals surface area contributed by atoms with E-state index < -0.39 is 27.3 Å².